The number of nitrogens with zero attached hydrogens (tertiary/aromatic N) is 2. The monoisotopic (exact) mass is 309 g/mol. The Labute approximate surface area is 126 Å². The molecule has 116 valence electrons. The molecule has 0 bridgehead atoms. The summed E-state index contributed by atoms with van der Waals surface area (Å²) in [6, 6.07) is 5.83. The summed E-state index contributed by atoms with van der Waals surface area (Å²) in [4.78, 5) is 0. The summed E-state index contributed by atoms with van der Waals surface area (Å²) < 4.78 is 28.9. The molecule has 0 aromatic heterocycles. The Morgan fingerprint density at radius 2 is 1.67 bits per heavy atom. The van der Waals surface area contributed by atoms with E-state index in [-0.39, 0.29) is 0 Å². The molecule has 2 N–H and O–H groups in total. The normalized spacial score (nSPS) is 21.7. The first-order valence-corrected chi connectivity index (χ1v) is 9.10. The van der Waals surface area contributed by atoms with Crippen molar-refractivity contribution in [3.63, 3.8) is 0 Å². The van der Waals surface area contributed by atoms with Gasteiger partial charge in [0.05, 0.1) is 0 Å². The molecule has 0 unspecified atom stereocenters. The fourth-order valence-corrected chi connectivity index (χ4v) is 4.88. The fourth-order valence-electron chi connectivity index (χ4n) is 3.21. The molecule has 6 heteroatoms. The van der Waals surface area contributed by atoms with Gasteiger partial charge in [-0.05, 0) is 36.5 Å². The van der Waals surface area contributed by atoms with Crippen molar-refractivity contribution in [2.75, 3.05) is 25.4 Å². The van der Waals surface area contributed by atoms with Gasteiger partial charge in [0.2, 0.25) is 0 Å². The van der Waals surface area contributed by atoms with Gasteiger partial charge in [-0.1, -0.05) is 25.0 Å². The Balaban J connectivity index is 1.82. The maximum atomic E-state index is 12.8. The maximum Gasteiger partial charge on any atom is 0.282 e. The minimum Gasteiger partial charge on any atom is -0.398 e. The van der Waals surface area contributed by atoms with Gasteiger partial charge >= 0.3 is 0 Å². The first-order chi connectivity index (χ1) is 10.1. The molecule has 0 amide bonds. The minimum atomic E-state index is -3.36. The standard InChI is InChI=1S/C15H23N3O2S/c16-15-7-5-6-13-8-11-18(12-14(13)15)21(19,20)17-9-3-1-2-4-10-17/h5-7H,1-4,8-12,16H2. The van der Waals surface area contributed by atoms with Crippen LogP contribution in [0.15, 0.2) is 18.2 Å². The highest BCUT2D eigenvalue weighted by atomic mass is 32.2. The SMILES string of the molecule is Nc1cccc2c1CN(S(=O)(=O)N1CCCCCC1)CC2. The van der Waals surface area contributed by atoms with E-state index in [1.807, 2.05) is 18.2 Å². The lowest BCUT2D eigenvalue weighted by atomic mass is 10.00. The quantitative estimate of drug-likeness (QED) is 0.846. The van der Waals surface area contributed by atoms with Crippen LogP contribution in [-0.4, -0.2) is 36.7 Å². The summed E-state index contributed by atoms with van der Waals surface area (Å²) in [5.74, 6) is 0. The van der Waals surface area contributed by atoms with Crippen molar-refractivity contribution < 1.29 is 8.42 Å². The second kappa shape index (κ2) is 5.94. The van der Waals surface area contributed by atoms with Crippen molar-refractivity contribution in [2.24, 2.45) is 0 Å². The number of anilines is 1. The third-order valence-corrected chi connectivity index (χ3v) is 6.47. The van der Waals surface area contributed by atoms with E-state index in [1.54, 1.807) is 8.61 Å². The highest BCUT2D eigenvalue weighted by Crippen LogP contribution is 2.27. The largest absolute Gasteiger partial charge is 0.398 e. The molecule has 1 aromatic carbocycles. The van der Waals surface area contributed by atoms with Crippen LogP contribution in [0.3, 0.4) is 0 Å². The average Bonchev–Trinajstić information content (AvgIpc) is 2.77. The molecular weight excluding hydrogens is 286 g/mol. The fraction of sp³-hybridized carbons (Fsp3) is 0.600. The van der Waals surface area contributed by atoms with Crippen molar-refractivity contribution in [2.45, 2.75) is 38.6 Å². The molecule has 0 spiro atoms. The van der Waals surface area contributed by atoms with Gasteiger partial charge in [0.25, 0.3) is 10.2 Å². The van der Waals surface area contributed by atoms with Crippen LogP contribution in [0.2, 0.25) is 0 Å². The van der Waals surface area contributed by atoms with Gasteiger partial charge in [-0.15, -0.1) is 0 Å². The second-order valence-corrected chi connectivity index (χ2v) is 7.82. The number of nitrogen functional groups attached to an aromatic ring is 1. The Morgan fingerprint density at radius 3 is 2.38 bits per heavy atom. The third kappa shape index (κ3) is 2.93. The smallest absolute Gasteiger partial charge is 0.282 e. The molecule has 1 saturated heterocycles. The lowest BCUT2D eigenvalue weighted by Crippen LogP contribution is -2.46. The van der Waals surface area contributed by atoms with E-state index in [0.717, 1.165) is 37.7 Å². The van der Waals surface area contributed by atoms with Gasteiger partial charge in [-0.2, -0.15) is 17.0 Å². The molecule has 3 rings (SSSR count). The molecule has 1 aromatic rings. The molecule has 2 aliphatic heterocycles. The zero-order valence-electron chi connectivity index (χ0n) is 12.3. The van der Waals surface area contributed by atoms with Crippen molar-refractivity contribution in [3.05, 3.63) is 29.3 Å². The van der Waals surface area contributed by atoms with Crippen molar-refractivity contribution in [1.29, 1.82) is 0 Å². The molecule has 0 atom stereocenters. The predicted molar refractivity (Wildman–Crippen MR) is 83.9 cm³/mol. The van der Waals surface area contributed by atoms with Crippen molar-refractivity contribution in [3.8, 4) is 0 Å². The van der Waals surface area contributed by atoms with Crippen LogP contribution < -0.4 is 5.73 Å². The number of benzene rings is 1. The number of fused-ring (bicyclic) bond motifs is 1. The molecular formula is C15H23N3O2S. The van der Waals surface area contributed by atoms with E-state index in [9.17, 15) is 8.42 Å². The molecule has 2 aliphatic rings. The maximum absolute atomic E-state index is 12.8. The van der Waals surface area contributed by atoms with Crippen LogP contribution >= 0.6 is 0 Å². The second-order valence-electron chi connectivity index (χ2n) is 5.89. The van der Waals surface area contributed by atoms with E-state index in [0.29, 0.717) is 31.9 Å². The van der Waals surface area contributed by atoms with Crippen LogP contribution in [0, 0.1) is 0 Å². The average molecular weight is 309 g/mol. The van der Waals surface area contributed by atoms with E-state index in [1.165, 1.54) is 5.56 Å². The lowest BCUT2D eigenvalue weighted by Gasteiger charge is -2.33. The predicted octanol–water partition coefficient (Wildman–Crippen LogP) is 1.75. The first-order valence-electron chi connectivity index (χ1n) is 7.70. The molecule has 1 fully saturated rings. The van der Waals surface area contributed by atoms with Crippen LogP contribution in [-0.2, 0) is 23.2 Å². The van der Waals surface area contributed by atoms with Crippen LogP contribution in [0.25, 0.3) is 0 Å². The van der Waals surface area contributed by atoms with Gasteiger partial charge in [0, 0.05) is 31.9 Å². The summed E-state index contributed by atoms with van der Waals surface area (Å²) in [6.45, 7) is 2.25. The summed E-state index contributed by atoms with van der Waals surface area (Å²) in [5.41, 5.74) is 8.86. The molecule has 0 radical (unpaired) electrons. The molecule has 5 nitrogen and oxygen atoms in total. The summed E-state index contributed by atoms with van der Waals surface area (Å²) in [7, 11) is -3.36. The Kier molecular flexibility index (Phi) is 4.19. The van der Waals surface area contributed by atoms with E-state index in [2.05, 4.69) is 0 Å². The summed E-state index contributed by atoms with van der Waals surface area (Å²) in [5, 5.41) is 0. The lowest BCUT2D eigenvalue weighted by molar-refractivity contribution is 0.328. The van der Waals surface area contributed by atoms with Crippen molar-refractivity contribution >= 4 is 15.9 Å². The van der Waals surface area contributed by atoms with Gasteiger partial charge in [-0.25, -0.2) is 0 Å². The Hall–Kier alpha value is -1.11. The highest BCUT2D eigenvalue weighted by molar-refractivity contribution is 7.86. The van der Waals surface area contributed by atoms with Crippen LogP contribution in [0.1, 0.15) is 36.8 Å². The molecule has 0 aliphatic carbocycles. The highest BCUT2D eigenvalue weighted by Gasteiger charge is 2.32. The number of rotatable bonds is 2. The number of hydrogen-bond donors (Lipinski definition) is 1. The number of nitrogens with two attached hydrogens (primary N) is 1. The van der Waals surface area contributed by atoms with E-state index in [4.69, 9.17) is 5.73 Å². The Morgan fingerprint density at radius 1 is 0.952 bits per heavy atom. The molecule has 2 heterocycles. The third-order valence-electron chi connectivity index (χ3n) is 4.49. The van der Waals surface area contributed by atoms with Crippen molar-refractivity contribution in [1.82, 2.24) is 8.61 Å². The topological polar surface area (TPSA) is 66.6 Å². The zero-order valence-corrected chi connectivity index (χ0v) is 13.1. The van der Waals surface area contributed by atoms with Gasteiger partial charge < -0.3 is 5.73 Å². The van der Waals surface area contributed by atoms with Crippen LogP contribution in [0.5, 0.6) is 0 Å². The Bertz CT molecular complexity index is 607. The van der Waals surface area contributed by atoms with Gasteiger partial charge in [0.1, 0.15) is 0 Å². The molecule has 21 heavy (non-hydrogen) atoms. The first kappa shape index (κ1) is 14.8. The van der Waals surface area contributed by atoms with Gasteiger partial charge in [0.15, 0.2) is 0 Å². The summed E-state index contributed by atoms with van der Waals surface area (Å²) in [6.07, 6.45) is 4.93. The molecule has 0 saturated carbocycles. The van der Waals surface area contributed by atoms with E-state index < -0.39 is 10.2 Å². The zero-order chi connectivity index (χ0) is 14.9. The van der Waals surface area contributed by atoms with Gasteiger partial charge in [-0.3, -0.25) is 0 Å². The van der Waals surface area contributed by atoms with Crippen LogP contribution in [0.4, 0.5) is 5.69 Å². The number of hydrogen-bond acceptors (Lipinski definition) is 3. The van der Waals surface area contributed by atoms with E-state index >= 15 is 0 Å². The minimum absolute atomic E-state index is 0.404. The summed E-state index contributed by atoms with van der Waals surface area (Å²) >= 11 is 0.